The van der Waals surface area contributed by atoms with E-state index in [0.29, 0.717) is 18.2 Å². The van der Waals surface area contributed by atoms with Crippen LogP contribution in [0.2, 0.25) is 0 Å². The summed E-state index contributed by atoms with van der Waals surface area (Å²) in [7, 11) is 0. The number of aryl methyl sites for hydroxylation is 2. The molecular formula is C22H21N5O3. The van der Waals surface area contributed by atoms with Gasteiger partial charge in [-0.15, -0.1) is 5.10 Å². The number of amides is 1. The van der Waals surface area contributed by atoms with Crippen molar-refractivity contribution < 1.29 is 14.1 Å². The molecular weight excluding hydrogens is 382 g/mol. The van der Waals surface area contributed by atoms with Gasteiger partial charge in [-0.3, -0.25) is 15.2 Å². The molecule has 0 radical (unpaired) electrons. The monoisotopic (exact) mass is 403 g/mol. The standard InChI is InChI=1S/C22H21N5O3/c1-14-19(15(2)30-27-14)13-29-18-10-8-16(9-11-18)12-20(28)23-22-24-21(25-26-22)17-6-4-3-5-7-17/h3-11H,12-13H2,1-2H3,(H2,23,24,25,26,28). The molecule has 0 atom stereocenters. The van der Waals surface area contributed by atoms with E-state index in [2.05, 4.69) is 25.7 Å². The number of benzene rings is 2. The lowest BCUT2D eigenvalue weighted by atomic mass is 10.1. The first-order valence-corrected chi connectivity index (χ1v) is 9.49. The number of carbonyl (C=O) groups excluding carboxylic acids is 1. The fraction of sp³-hybridized carbons (Fsp3) is 0.182. The number of nitrogens with zero attached hydrogens (tertiary/aromatic N) is 3. The molecule has 8 nitrogen and oxygen atoms in total. The van der Waals surface area contributed by atoms with Crippen molar-refractivity contribution in [2.75, 3.05) is 5.32 Å². The van der Waals surface area contributed by atoms with Crippen molar-refractivity contribution in [2.24, 2.45) is 0 Å². The van der Waals surface area contributed by atoms with E-state index in [-0.39, 0.29) is 18.3 Å². The van der Waals surface area contributed by atoms with Crippen molar-refractivity contribution in [3.63, 3.8) is 0 Å². The van der Waals surface area contributed by atoms with Crippen LogP contribution in [0, 0.1) is 13.8 Å². The van der Waals surface area contributed by atoms with Crippen LogP contribution in [0.15, 0.2) is 59.1 Å². The van der Waals surface area contributed by atoms with Crippen LogP contribution in [-0.2, 0) is 17.8 Å². The lowest BCUT2D eigenvalue weighted by Crippen LogP contribution is -2.15. The molecule has 0 aliphatic rings. The third kappa shape index (κ3) is 4.54. The fourth-order valence-electron chi connectivity index (χ4n) is 2.96. The lowest BCUT2D eigenvalue weighted by Gasteiger charge is -2.07. The molecule has 30 heavy (non-hydrogen) atoms. The molecule has 4 aromatic rings. The Kier molecular flexibility index (Phi) is 5.56. The molecule has 0 bridgehead atoms. The third-order valence-corrected chi connectivity index (χ3v) is 4.64. The first kappa shape index (κ1) is 19.4. The van der Waals surface area contributed by atoms with Crippen LogP contribution in [0.3, 0.4) is 0 Å². The van der Waals surface area contributed by atoms with E-state index in [4.69, 9.17) is 9.26 Å². The molecule has 2 N–H and O–H groups in total. The van der Waals surface area contributed by atoms with Crippen LogP contribution >= 0.6 is 0 Å². The van der Waals surface area contributed by atoms with E-state index in [0.717, 1.165) is 28.1 Å². The maximum Gasteiger partial charge on any atom is 0.249 e. The normalized spacial score (nSPS) is 10.7. The van der Waals surface area contributed by atoms with Crippen molar-refractivity contribution >= 4 is 11.9 Å². The quantitative estimate of drug-likeness (QED) is 0.486. The van der Waals surface area contributed by atoms with E-state index in [1.807, 2.05) is 68.4 Å². The zero-order valence-corrected chi connectivity index (χ0v) is 16.7. The van der Waals surface area contributed by atoms with Gasteiger partial charge >= 0.3 is 0 Å². The summed E-state index contributed by atoms with van der Waals surface area (Å²) in [5, 5.41) is 13.5. The molecule has 2 aromatic heterocycles. The molecule has 0 aliphatic heterocycles. The summed E-state index contributed by atoms with van der Waals surface area (Å²) in [5.41, 5.74) is 3.52. The maximum atomic E-state index is 12.3. The van der Waals surface area contributed by atoms with Gasteiger partial charge in [-0.1, -0.05) is 47.6 Å². The summed E-state index contributed by atoms with van der Waals surface area (Å²) in [4.78, 5) is 16.6. The van der Waals surface area contributed by atoms with Gasteiger partial charge in [0.15, 0.2) is 5.82 Å². The fourth-order valence-corrected chi connectivity index (χ4v) is 2.96. The van der Waals surface area contributed by atoms with E-state index in [1.54, 1.807) is 0 Å². The number of ether oxygens (including phenoxy) is 1. The highest BCUT2D eigenvalue weighted by Crippen LogP contribution is 2.19. The summed E-state index contributed by atoms with van der Waals surface area (Å²) < 4.78 is 10.9. The molecule has 152 valence electrons. The highest BCUT2D eigenvalue weighted by atomic mass is 16.5. The van der Waals surface area contributed by atoms with Gasteiger partial charge in [0.05, 0.1) is 17.7 Å². The average molecular weight is 403 g/mol. The first-order chi connectivity index (χ1) is 14.6. The van der Waals surface area contributed by atoms with Crippen molar-refractivity contribution in [3.8, 4) is 17.1 Å². The van der Waals surface area contributed by atoms with E-state index >= 15 is 0 Å². The van der Waals surface area contributed by atoms with Gasteiger partial charge in [0.2, 0.25) is 11.9 Å². The van der Waals surface area contributed by atoms with Crippen molar-refractivity contribution in [3.05, 3.63) is 77.2 Å². The summed E-state index contributed by atoms with van der Waals surface area (Å²) in [6.07, 6.45) is 0.208. The molecule has 8 heteroatoms. The Morgan fingerprint density at radius 2 is 1.87 bits per heavy atom. The van der Waals surface area contributed by atoms with Crippen LogP contribution < -0.4 is 10.1 Å². The second-order valence-corrected chi connectivity index (χ2v) is 6.83. The number of aromatic nitrogens is 4. The van der Waals surface area contributed by atoms with E-state index < -0.39 is 0 Å². The number of rotatable bonds is 7. The molecule has 0 spiro atoms. The number of H-pyrrole nitrogens is 1. The lowest BCUT2D eigenvalue weighted by molar-refractivity contribution is -0.115. The summed E-state index contributed by atoms with van der Waals surface area (Å²) in [5.74, 6) is 2.12. The Morgan fingerprint density at radius 1 is 1.10 bits per heavy atom. The van der Waals surface area contributed by atoms with Crippen LogP contribution in [0.25, 0.3) is 11.4 Å². The smallest absolute Gasteiger partial charge is 0.249 e. The summed E-state index contributed by atoms with van der Waals surface area (Å²) >= 11 is 0. The van der Waals surface area contributed by atoms with Gasteiger partial charge in [0, 0.05) is 5.56 Å². The largest absolute Gasteiger partial charge is 0.489 e. The Labute approximate surface area is 173 Å². The van der Waals surface area contributed by atoms with Crippen LogP contribution in [0.4, 0.5) is 5.95 Å². The predicted octanol–water partition coefficient (Wildman–Crippen LogP) is 3.84. The second kappa shape index (κ2) is 8.60. The van der Waals surface area contributed by atoms with Gasteiger partial charge in [0.25, 0.3) is 0 Å². The SMILES string of the molecule is Cc1noc(C)c1COc1ccc(CC(=O)Nc2n[nH]c(-c3ccccc3)n2)cc1. The predicted molar refractivity (Wildman–Crippen MR) is 111 cm³/mol. The zero-order valence-electron chi connectivity index (χ0n) is 16.7. The summed E-state index contributed by atoms with van der Waals surface area (Å²) in [6.45, 7) is 4.13. The average Bonchev–Trinajstić information content (AvgIpc) is 3.35. The zero-order chi connectivity index (χ0) is 20.9. The first-order valence-electron chi connectivity index (χ1n) is 9.49. The second-order valence-electron chi connectivity index (χ2n) is 6.83. The van der Waals surface area contributed by atoms with Gasteiger partial charge in [-0.2, -0.15) is 4.98 Å². The number of carbonyl (C=O) groups is 1. The number of hydrogen-bond acceptors (Lipinski definition) is 6. The van der Waals surface area contributed by atoms with Crippen molar-refractivity contribution in [1.82, 2.24) is 20.3 Å². The number of anilines is 1. The molecule has 2 heterocycles. The number of hydrogen-bond donors (Lipinski definition) is 2. The highest BCUT2D eigenvalue weighted by molar-refractivity contribution is 5.90. The Balaban J connectivity index is 1.31. The minimum absolute atomic E-state index is 0.196. The highest BCUT2D eigenvalue weighted by Gasteiger charge is 2.11. The molecule has 0 fully saturated rings. The molecule has 1 amide bonds. The van der Waals surface area contributed by atoms with Crippen molar-refractivity contribution in [1.29, 1.82) is 0 Å². The van der Waals surface area contributed by atoms with Crippen molar-refractivity contribution in [2.45, 2.75) is 26.9 Å². The summed E-state index contributed by atoms with van der Waals surface area (Å²) in [6, 6.07) is 17.0. The Bertz CT molecular complexity index is 1110. The molecule has 0 saturated heterocycles. The topological polar surface area (TPSA) is 106 Å². The molecule has 0 aliphatic carbocycles. The Hall–Kier alpha value is -3.94. The van der Waals surface area contributed by atoms with Gasteiger partial charge < -0.3 is 9.26 Å². The molecule has 2 aromatic carbocycles. The number of aromatic amines is 1. The maximum absolute atomic E-state index is 12.3. The third-order valence-electron chi connectivity index (χ3n) is 4.64. The van der Waals surface area contributed by atoms with Crippen LogP contribution in [0.1, 0.15) is 22.6 Å². The Morgan fingerprint density at radius 3 is 2.57 bits per heavy atom. The minimum Gasteiger partial charge on any atom is -0.489 e. The van der Waals surface area contributed by atoms with Crippen LogP contribution in [-0.4, -0.2) is 26.2 Å². The minimum atomic E-state index is -0.196. The van der Waals surface area contributed by atoms with Gasteiger partial charge in [0.1, 0.15) is 18.1 Å². The van der Waals surface area contributed by atoms with Gasteiger partial charge in [-0.05, 0) is 31.5 Å². The number of nitrogens with one attached hydrogen (secondary N) is 2. The van der Waals surface area contributed by atoms with E-state index in [1.165, 1.54) is 0 Å². The van der Waals surface area contributed by atoms with E-state index in [9.17, 15) is 4.79 Å². The van der Waals surface area contributed by atoms with Gasteiger partial charge in [-0.25, -0.2) is 0 Å². The molecule has 0 saturated carbocycles. The van der Waals surface area contributed by atoms with Crippen LogP contribution in [0.5, 0.6) is 5.75 Å². The molecule has 4 rings (SSSR count). The molecule has 0 unspecified atom stereocenters.